The molecular weight excluding hydrogens is 307 g/mol. The predicted molar refractivity (Wildman–Crippen MR) is 85.4 cm³/mol. The molecule has 1 aromatic carbocycles. The summed E-state index contributed by atoms with van der Waals surface area (Å²) < 4.78 is 0. The van der Waals surface area contributed by atoms with Gasteiger partial charge in [0.25, 0.3) is 5.91 Å². The molecule has 108 valence electrons. The topological polar surface area (TPSA) is 33.2 Å². The van der Waals surface area contributed by atoms with Crippen molar-refractivity contribution in [2.45, 2.75) is 19.8 Å². The van der Waals surface area contributed by atoms with Gasteiger partial charge in [-0.2, -0.15) is 0 Å². The van der Waals surface area contributed by atoms with E-state index < -0.39 is 0 Å². The number of hydrogen-bond acceptors (Lipinski definition) is 2. The summed E-state index contributed by atoms with van der Waals surface area (Å²) in [5, 5.41) is 0.590. The van der Waals surface area contributed by atoms with E-state index >= 15 is 0 Å². The van der Waals surface area contributed by atoms with E-state index in [1.165, 1.54) is 11.1 Å². The van der Waals surface area contributed by atoms with E-state index in [2.05, 4.69) is 18.0 Å². The van der Waals surface area contributed by atoms with Crippen LogP contribution in [0.5, 0.6) is 0 Å². The first-order valence-corrected chi connectivity index (χ1v) is 7.55. The van der Waals surface area contributed by atoms with E-state index in [1.54, 1.807) is 17.0 Å². The lowest BCUT2D eigenvalue weighted by Crippen LogP contribution is -2.36. The Morgan fingerprint density at radius 2 is 2.05 bits per heavy atom. The minimum atomic E-state index is -0.202. The quantitative estimate of drug-likeness (QED) is 0.734. The fraction of sp³-hybridized carbons (Fsp3) is 0.250. The summed E-state index contributed by atoms with van der Waals surface area (Å²) in [6.07, 6.45) is 1.91. The Morgan fingerprint density at radius 3 is 2.86 bits per heavy atom. The summed E-state index contributed by atoms with van der Waals surface area (Å²) in [6.45, 7) is 2.72. The number of hydrogen-bond donors (Lipinski definition) is 0. The summed E-state index contributed by atoms with van der Waals surface area (Å²) in [6, 6.07) is 9.30. The molecule has 1 amide bonds. The second-order valence-electron chi connectivity index (χ2n) is 5.16. The molecule has 0 saturated carbocycles. The van der Waals surface area contributed by atoms with Crippen molar-refractivity contribution in [3.05, 3.63) is 57.3 Å². The maximum Gasteiger partial charge on any atom is 0.278 e. The van der Waals surface area contributed by atoms with Crippen molar-refractivity contribution in [3.63, 3.8) is 0 Å². The van der Waals surface area contributed by atoms with Crippen molar-refractivity contribution in [2.75, 3.05) is 11.4 Å². The number of aryl methyl sites for hydroxylation is 2. The Labute approximate surface area is 133 Å². The number of fused-ring (bicyclic) bond motifs is 1. The Balaban J connectivity index is 2.02. The van der Waals surface area contributed by atoms with E-state index in [1.807, 2.05) is 12.1 Å². The Bertz CT molecular complexity index is 715. The van der Waals surface area contributed by atoms with Crippen LogP contribution >= 0.6 is 23.2 Å². The first-order chi connectivity index (χ1) is 10.1. The Morgan fingerprint density at radius 1 is 1.24 bits per heavy atom. The number of nitrogens with zero attached hydrogens (tertiary/aromatic N) is 2. The third-order valence-electron chi connectivity index (χ3n) is 3.61. The zero-order chi connectivity index (χ0) is 15.0. The van der Waals surface area contributed by atoms with Crippen molar-refractivity contribution in [3.8, 4) is 0 Å². The standard InChI is InChI=1S/C16H14Cl2N2O/c1-10-4-6-13-11(9-10)3-2-8-20(13)16(21)15-12(17)5-7-14(18)19-15/h4-7,9H,2-3,8H2,1H3. The van der Waals surface area contributed by atoms with Crippen LogP contribution in [0.3, 0.4) is 0 Å². The van der Waals surface area contributed by atoms with Crippen LogP contribution in [0.25, 0.3) is 0 Å². The van der Waals surface area contributed by atoms with Gasteiger partial charge < -0.3 is 4.90 Å². The zero-order valence-corrected chi connectivity index (χ0v) is 13.1. The van der Waals surface area contributed by atoms with Gasteiger partial charge in [-0.3, -0.25) is 4.79 Å². The Kier molecular flexibility index (Phi) is 3.87. The van der Waals surface area contributed by atoms with Crippen LogP contribution in [-0.2, 0) is 6.42 Å². The normalized spacial score (nSPS) is 14.0. The molecule has 1 aliphatic heterocycles. The van der Waals surface area contributed by atoms with Crippen LogP contribution in [0, 0.1) is 6.92 Å². The fourth-order valence-electron chi connectivity index (χ4n) is 2.63. The van der Waals surface area contributed by atoms with Gasteiger partial charge in [-0.15, -0.1) is 0 Å². The number of halogens is 2. The summed E-state index contributed by atoms with van der Waals surface area (Å²) in [7, 11) is 0. The lowest BCUT2D eigenvalue weighted by molar-refractivity contribution is 0.0980. The van der Waals surface area contributed by atoms with Gasteiger partial charge in [0.15, 0.2) is 0 Å². The highest BCUT2D eigenvalue weighted by molar-refractivity contribution is 6.35. The number of carbonyl (C=O) groups excluding carboxylic acids is 1. The van der Waals surface area contributed by atoms with Crippen LogP contribution in [0.4, 0.5) is 5.69 Å². The van der Waals surface area contributed by atoms with Crippen molar-refractivity contribution >= 4 is 34.8 Å². The molecule has 0 saturated heterocycles. The largest absolute Gasteiger partial charge is 0.307 e. The molecule has 2 heterocycles. The van der Waals surface area contributed by atoms with Crippen LogP contribution in [0.15, 0.2) is 30.3 Å². The lowest BCUT2D eigenvalue weighted by atomic mass is 9.99. The van der Waals surface area contributed by atoms with E-state index in [9.17, 15) is 4.79 Å². The SMILES string of the molecule is Cc1ccc2c(c1)CCCN2C(=O)c1nc(Cl)ccc1Cl. The molecule has 0 N–H and O–H groups in total. The smallest absolute Gasteiger partial charge is 0.278 e. The molecule has 0 spiro atoms. The molecule has 1 aromatic heterocycles. The molecule has 5 heteroatoms. The van der Waals surface area contributed by atoms with Gasteiger partial charge in [-0.25, -0.2) is 4.98 Å². The van der Waals surface area contributed by atoms with E-state index in [4.69, 9.17) is 23.2 Å². The molecule has 0 unspecified atom stereocenters. The molecule has 0 atom stereocenters. The summed E-state index contributed by atoms with van der Waals surface area (Å²) in [5.41, 5.74) is 3.53. The molecule has 21 heavy (non-hydrogen) atoms. The molecule has 2 aromatic rings. The van der Waals surface area contributed by atoms with E-state index in [0.717, 1.165) is 18.5 Å². The lowest BCUT2D eigenvalue weighted by Gasteiger charge is -2.29. The maximum absolute atomic E-state index is 12.7. The second-order valence-corrected chi connectivity index (χ2v) is 5.95. The maximum atomic E-state index is 12.7. The highest BCUT2D eigenvalue weighted by atomic mass is 35.5. The third-order valence-corrected chi connectivity index (χ3v) is 4.13. The molecular formula is C16H14Cl2N2O. The average Bonchev–Trinajstić information content (AvgIpc) is 2.48. The van der Waals surface area contributed by atoms with Gasteiger partial charge in [0.2, 0.25) is 0 Å². The van der Waals surface area contributed by atoms with Crippen molar-refractivity contribution < 1.29 is 4.79 Å². The molecule has 0 bridgehead atoms. The van der Waals surface area contributed by atoms with E-state index in [0.29, 0.717) is 11.6 Å². The minimum Gasteiger partial charge on any atom is -0.307 e. The van der Waals surface area contributed by atoms with Crippen LogP contribution in [0.2, 0.25) is 10.2 Å². The summed E-state index contributed by atoms with van der Waals surface area (Å²) in [5.74, 6) is -0.202. The number of benzene rings is 1. The number of anilines is 1. The third kappa shape index (κ3) is 2.76. The average molecular weight is 321 g/mol. The van der Waals surface area contributed by atoms with E-state index in [-0.39, 0.29) is 16.8 Å². The number of carbonyl (C=O) groups is 1. The minimum absolute atomic E-state index is 0.202. The molecule has 0 radical (unpaired) electrons. The van der Waals surface area contributed by atoms with Crippen molar-refractivity contribution in [2.24, 2.45) is 0 Å². The van der Waals surface area contributed by atoms with Gasteiger partial charge in [0, 0.05) is 12.2 Å². The number of pyridine rings is 1. The molecule has 0 fully saturated rings. The number of amides is 1. The predicted octanol–water partition coefficient (Wildman–Crippen LogP) is 4.29. The fourth-order valence-corrected chi connectivity index (χ4v) is 2.97. The highest BCUT2D eigenvalue weighted by Crippen LogP contribution is 2.30. The molecule has 3 rings (SSSR count). The van der Waals surface area contributed by atoms with Crippen LogP contribution in [-0.4, -0.2) is 17.4 Å². The van der Waals surface area contributed by atoms with Gasteiger partial charge in [-0.05, 0) is 43.5 Å². The van der Waals surface area contributed by atoms with Crippen LogP contribution in [0.1, 0.15) is 28.0 Å². The molecule has 0 aliphatic carbocycles. The van der Waals surface area contributed by atoms with Gasteiger partial charge in [-0.1, -0.05) is 40.9 Å². The zero-order valence-electron chi connectivity index (χ0n) is 11.6. The molecule has 1 aliphatic rings. The van der Waals surface area contributed by atoms with Gasteiger partial charge >= 0.3 is 0 Å². The van der Waals surface area contributed by atoms with Crippen molar-refractivity contribution in [1.29, 1.82) is 0 Å². The summed E-state index contributed by atoms with van der Waals surface area (Å²) >= 11 is 12.0. The highest BCUT2D eigenvalue weighted by Gasteiger charge is 2.26. The monoisotopic (exact) mass is 320 g/mol. The Hall–Kier alpha value is -1.58. The first-order valence-electron chi connectivity index (χ1n) is 6.80. The summed E-state index contributed by atoms with van der Waals surface area (Å²) in [4.78, 5) is 18.6. The molecule has 3 nitrogen and oxygen atoms in total. The van der Waals surface area contributed by atoms with Gasteiger partial charge in [0.1, 0.15) is 10.8 Å². The number of rotatable bonds is 1. The van der Waals surface area contributed by atoms with Crippen molar-refractivity contribution in [1.82, 2.24) is 4.98 Å². The number of aromatic nitrogens is 1. The van der Waals surface area contributed by atoms with Gasteiger partial charge in [0.05, 0.1) is 5.02 Å². The van der Waals surface area contributed by atoms with Crippen LogP contribution < -0.4 is 4.90 Å². The second kappa shape index (κ2) is 5.66. The first kappa shape index (κ1) is 14.4.